The van der Waals surface area contributed by atoms with Crippen molar-refractivity contribution in [3.8, 4) is 0 Å². The molecule has 1 heterocycles. The van der Waals surface area contributed by atoms with Gasteiger partial charge < -0.3 is 4.90 Å². The van der Waals surface area contributed by atoms with Gasteiger partial charge in [0.2, 0.25) is 0 Å². The first-order valence-corrected chi connectivity index (χ1v) is 8.12. The lowest BCUT2D eigenvalue weighted by Crippen LogP contribution is -2.40. The normalized spacial score (nSPS) is 15.9. The molecule has 0 atom stereocenters. The van der Waals surface area contributed by atoms with Crippen molar-refractivity contribution in [3.63, 3.8) is 0 Å². The van der Waals surface area contributed by atoms with Gasteiger partial charge in [-0.1, -0.05) is 28.8 Å². The minimum absolute atomic E-state index is 0.0499. The lowest BCUT2D eigenvalue weighted by molar-refractivity contribution is 0.0690. The molecule has 3 nitrogen and oxygen atoms in total. The predicted octanol–water partition coefficient (Wildman–Crippen LogP) is 3.62. The number of pyridine rings is 1. The van der Waals surface area contributed by atoms with Crippen LogP contribution in [0.5, 0.6) is 0 Å². The molecule has 1 aromatic rings. The van der Waals surface area contributed by atoms with Gasteiger partial charge >= 0.3 is 0 Å². The zero-order chi connectivity index (χ0) is 13.0. The Morgan fingerprint density at radius 2 is 2.11 bits per heavy atom. The summed E-state index contributed by atoms with van der Waals surface area (Å²) in [6.45, 7) is 0.751. The maximum absolute atomic E-state index is 12.5. The molecule has 0 spiro atoms. The fourth-order valence-corrected chi connectivity index (χ4v) is 3.02. The van der Waals surface area contributed by atoms with E-state index >= 15 is 0 Å². The molecule has 0 aliphatic heterocycles. The number of hydrogen-bond donors (Lipinski definition) is 0. The summed E-state index contributed by atoms with van der Waals surface area (Å²) in [5.41, 5.74) is 0.533. The van der Waals surface area contributed by atoms with Gasteiger partial charge in [-0.05, 0) is 40.9 Å². The van der Waals surface area contributed by atoms with Gasteiger partial charge in [0, 0.05) is 28.6 Å². The largest absolute Gasteiger partial charge is 0.333 e. The fourth-order valence-electron chi connectivity index (χ4n) is 2.41. The van der Waals surface area contributed by atoms with Crippen molar-refractivity contribution in [3.05, 3.63) is 28.5 Å². The SMILES string of the molecule is O=C(c1ccc(Br)cn1)N(CCBr)C1CCCC1. The summed E-state index contributed by atoms with van der Waals surface area (Å²) in [4.78, 5) is 18.6. The van der Waals surface area contributed by atoms with E-state index in [9.17, 15) is 4.79 Å². The Morgan fingerprint density at radius 3 is 2.67 bits per heavy atom. The Balaban J connectivity index is 2.14. The average Bonchev–Trinajstić information content (AvgIpc) is 2.90. The van der Waals surface area contributed by atoms with E-state index in [2.05, 4.69) is 36.8 Å². The van der Waals surface area contributed by atoms with Gasteiger partial charge in [0.1, 0.15) is 5.69 Å². The maximum atomic E-state index is 12.5. The summed E-state index contributed by atoms with van der Waals surface area (Å²) in [5, 5.41) is 0.811. The molecular weight excluding hydrogens is 360 g/mol. The maximum Gasteiger partial charge on any atom is 0.272 e. The van der Waals surface area contributed by atoms with Gasteiger partial charge in [-0.2, -0.15) is 0 Å². The van der Waals surface area contributed by atoms with Crippen molar-refractivity contribution in [2.45, 2.75) is 31.7 Å². The third kappa shape index (κ3) is 3.32. The van der Waals surface area contributed by atoms with Gasteiger partial charge in [-0.25, -0.2) is 4.98 Å². The number of carbonyl (C=O) groups excluding carboxylic acids is 1. The molecule has 1 fully saturated rings. The Bertz CT molecular complexity index is 402. The lowest BCUT2D eigenvalue weighted by atomic mass is 10.2. The quantitative estimate of drug-likeness (QED) is 0.753. The van der Waals surface area contributed by atoms with Gasteiger partial charge in [-0.15, -0.1) is 0 Å². The van der Waals surface area contributed by atoms with E-state index in [-0.39, 0.29) is 5.91 Å². The zero-order valence-corrected chi connectivity index (χ0v) is 13.3. The fraction of sp³-hybridized carbons (Fsp3) is 0.538. The summed E-state index contributed by atoms with van der Waals surface area (Å²) in [7, 11) is 0. The number of halogens is 2. The Kier molecular flexibility index (Phi) is 5.18. The van der Waals surface area contributed by atoms with E-state index in [0.717, 1.165) is 29.2 Å². The second-order valence-corrected chi connectivity index (χ2v) is 6.20. The smallest absolute Gasteiger partial charge is 0.272 e. The topological polar surface area (TPSA) is 33.2 Å². The van der Waals surface area contributed by atoms with Crippen molar-refractivity contribution in [2.75, 3.05) is 11.9 Å². The zero-order valence-electron chi connectivity index (χ0n) is 10.1. The second-order valence-electron chi connectivity index (χ2n) is 4.49. The first-order chi connectivity index (χ1) is 8.72. The van der Waals surface area contributed by atoms with Crippen LogP contribution in [0.4, 0.5) is 0 Å². The van der Waals surface area contributed by atoms with Crippen LogP contribution in [0, 0.1) is 0 Å². The highest BCUT2D eigenvalue weighted by atomic mass is 79.9. The third-order valence-electron chi connectivity index (χ3n) is 3.30. The molecule has 1 aliphatic carbocycles. The van der Waals surface area contributed by atoms with E-state index in [1.807, 2.05) is 11.0 Å². The summed E-state index contributed by atoms with van der Waals surface area (Å²) in [5.74, 6) is 0.0499. The van der Waals surface area contributed by atoms with Crippen molar-refractivity contribution in [2.24, 2.45) is 0 Å². The Labute approximate surface area is 124 Å². The molecule has 1 aromatic heterocycles. The summed E-state index contributed by atoms with van der Waals surface area (Å²) in [6, 6.07) is 4.03. The standard InChI is InChI=1S/C13H16Br2N2O/c14-7-8-17(11-3-1-2-4-11)13(18)12-6-5-10(15)9-16-12/h5-6,9,11H,1-4,7-8H2. The number of amides is 1. The van der Waals surface area contributed by atoms with Crippen LogP contribution < -0.4 is 0 Å². The number of alkyl halides is 1. The monoisotopic (exact) mass is 374 g/mol. The van der Waals surface area contributed by atoms with Crippen LogP contribution in [0.15, 0.2) is 22.8 Å². The highest BCUT2D eigenvalue weighted by Gasteiger charge is 2.27. The van der Waals surface area contributed by atoms with Crippen molar-refractivity contribution in [1.29, 1.82) is 0 Å². The van der Waals surface area contributed by atoms with Crippen LogP contribution in [0.25, 0.3) is 0 Å². The molecule has 0 saturated heterocycles. The predicted molar refractivity (Wildman–Crippen MR) is 79.0 cm³/mol. The van der Waals surface area contributed by atoms with Gasteiger partial charge in [0.05, 0.1) is 0 Å². The van der Waals surface area contributed by atoms with Crippen LogP contribution in [-0.4, -0.2) is 33.7 Å². The summed E-state index contributed by atoms with van der Waals surface area (Å²) in [6.07, 6.45) is 6.37. The number of aromatic nitrogens is 1. The first kappa shape index (κ1) is 14.0. The van der Waals surface area contributed by atoms with Crippen LogP contribution >= 0.6 is 31.9 Å². The van der Waals surface area contributed by atoms with Crippen molar-refractivity contribution in [1.82, 2.24) is 9.88 Å². The molecule has 0 aromatic carbocycles. The van der Waals surface area contributed by atoms with E-state index < -0.39 is 0 Å². The Morgan fingerprint density at radius 1 is 1.39 bits per heavy atom. The van der Waals surface area contributed by atoms with Crippen LogP contribution in [0.1, 0.15) is 36.2 Å². The lowest BCUT2D eigenvalue weighted by Gasteiger charge is -2.28. The van der Waals surface area contributed by atoms with E-state index in [1.165, 1.54) is 12.8 Å². The highest BCUT2D eigenvalue weighted by molar-refractivity contribution is 9.10. The van der Waals surface area contributed by atoms with E-state index in [1.54, 1.807) is 12.3 Å². The summed E-state index contributed by atoms with van der Waals surface area (Å²) >= 11 is 6.76. The van der Waals surface area contributed by atoms with Gasteiger partial charge in [0.15, 0.2) is 0 Å². The van der Waals surface area contributed by atoms with Crippen LogP contribution in [-0.2, 0) is 0 Å². The van der Waals surface area contributed by atoms with Crippen LogP contribution in [0.2, 0.25) is 0 Å². The molecule has 0 radical (unpaired) electrons. The van der Waals surface area contributed by atoms with E-state index in [4.69, 9.17) is 0 Å². The number of nitrogens with zero attached hydrogens (tertiary/aromatic N) is 2. The average molecular weight is 376 g/mol. The molecule has 98 valence electrons. The molecule has 0 bridgehead atoms. The molecule has 1 saturated carbocycles. The van der Waals surface area contributed by atoms with Gasteiger partial charge in [-0.3, -0.25) is 4.79 Å². The molecule has 0 N–H and O–H groups in total. The molecule has 5 heteroatoms. The van der Waals surface area contributed by atoms with Gasteiger partial charge in [0.25, 0.3) is 5.91 Å². The Hall–Kier alpha value is -0.420. The first-order valence-electron chi connectivity index (χ1n) is 6.21. The number of rotatable bonds is 4. The van der Waals surface area contributed by atoms with E-state index in [0.29, 0.717) is 11.7 Å². The molecule has 1 aliphatic rings. The highest BCUT2D eigenvalue weighted by Crippen LogP contribution is 2.24. The number of hydrogen-bond acceptors (Lipinski definition) is 2. The molecule has 0 unspecified atom stereocenters. The molecule has 2 rings (SSSR count). The van der Waals surface area contributed by atoms with Crippen LogP contribution in [0.3, 0.4) is 0 Å². The summed E-state index contributed by atoms with van der Waals surface area (Å²) < 4.78 is 0.895. The second kappa shape index (κ2) is 6.66. The molecule has 18 heavy (non-hydrogen) atoms. The third-order valence-corrected chi connectivity index (χ3v) is 4.12. The molecule has 1 amide bonds. The molecular formula is C13H16Br2N2O. The number of carbonyl (C=O) groups is 1. The minimum atomic E-state index is 0.0499. The van der Waals surface area contributed by atoms with Crippen molar-refractivity contribution >= 4 is 37.8 Å². The minimum Gasteiger partial charge on any atom is -0.333 e. The van der Waals surface area contributed by atoms with Crippen molar-refractivity contribution < 1.29 is 4.79 Å².